The van der Waals surface area contributed by atoms with Crippen molar-refractivity contribution in [1.82, 2.24) is 15.1 Å². The zero-order valence-corrected chi connectivity index (χ0v) is 23.2. The van der Waals surface area contributed by atoms with Gasteiger partial charge in [0, 0.05) is 65.0 Å². The van der Waals surface area contributed by atoms with Gasteiger partial charge in [0.2, 0.25) is 11.8 Å². The molecular weight excluding hydrogens is 484 g/mol. The molecule has 38 heavy (non-hydrogen) atoms. The van der Waals surface area contributed by atoms with Crippen LogP contribution in [0.1, 0.15) is 46.5 Å². The molecule has 0 saturated carbocycles. The Morgan fingerprint density at radius 2 is 1.71 bits per heavy atom. The molecule has 4 heterocycles. The lowest BCUT2D eigenvalue weighted by molar-refractivity contribution is -0.134. The van der Waals surface area contributed by atoms with E-state index in [1.54, 1.807) is 0 Å². The number of hydrogen-bond acceptors (Lipinski definition) is 8. The van der Waals surface area contributed by atoms with E-state index in [0.29, 0.717) is 25.4 Å². The number of amides is 3. The quantitative estimate of drug-likeness (QED) is 0.599. The molecule has 10 heteroatoms. The van der Waals surface area contributed by atoms with Crippen LogP contribution < -0.4 is 20.0 Å². The summed E-state index contributed by atoms with van der Waals surface area (Å²) in [6.07, 6.45) is 2.81. The van der Waals surface area contributed by atoms with Gasteiger partial charge in [-0.2, -0.15) is 0 Å². The van der Waals surface area contributed by atoms with Gasteiger partial charge in [0.05, 0.1) is 18.0 Å². The number of hydrogen-bond donors (Lipinski definition) is 1. The Kier molecular flexibility index (Phi) is 7.44. The predicted octanol–water partition coefficient (Wildman–Crippen LogP) is 2.47. The van der Waals surface area contributed by atoms with Crippen molar-refractivity contribution in [2.75, 3.05) is 74.2 Å². The highest BCUT2D eigenvalue weighted by atomic mass is 16.6. The zero-order chi connectivity index (χ0) is 27.0. The first-order chi connectivity index (χ1) is 18.1. The summed E-state index contributed by atoms with van der Waals surface area (Å²) in [7, 11) is 2.06. The van der Waals surface area contributed by atoms with Crippen molar-refractivity contribution in [3.05, 3.63) is 18.2 Å². The molecule has 4 aliphatic heterocycles. The molecule has 0 aliphatic carbocycles. The van der Waals surface area contributed by atoms with Crippen LogP contribution in [0.4, 0.5) is 21.9 Å². The summed E-state index contributed by atoms with van der Waals surface area (Å²) in [4.78, 5) is 47.6. The number of nitrogens with one attached hydrogen (secondary N) is 1. The topological polar surface area (TPSA) is 88.7 Å². The molecule has 5 rings (SSSR count). The first-order valence-corrected chi connectivity index (χ1v) is 14.0. The number of rotatable bonds is 4. The van der Waals surface area contributed by atoms with Crippen molar-refractivity contribution in [2.24, 2.45) is 5.92 Å². The summed E-state index contributed by atoms with van der Waals surface area (Å²) in [6.45, 7) is 13.0. The van der Waals surface area contributed by atoms with Gasteiger partial charge >= 0.3 is 6.09 Å². The molecule has 1 N–H and O–H groups in total. The number of piperazine rings is 1. The molecule has 4 aliphatic rings. The molecule has 1 atom stereocenters. The Bertz CT molecular complexity index is 1060. The van der Waals surface area contributed by atoms with Gasteiger partial charge in [-0.25, -0.2) is 4.79 Å². The summed E-state index contributed by atoms with van der Waals surface area (Å²) in [5.41, 5.74) is 2.95. The molecule has 208 valence electrons. The fraction of sp³-hybridized carbons (Fsp3) is 0.679. The number of likely N-dealkylation sites (tertiary alicyclic amines) is 1. The number of fused-ring (bicyclic) bond motifs is 1. The van der Waals surface area contributed by atoms with Gasteiger partial charge in [0.25, 0.3) is 0 Å². The van der Waals surface area contributed by atoms with Crippen LogP contribution in [-0.2, 0) is 14.3 Å². The average molecular weight is 527 g/mol. The highest BCUT2D eigenvalue weighted by Crippen LogP contribution is 2.40. The largest absolute Gasteiger partial charge is 0.444 e. The molecule has 0 aromatic heterocycles. The van der Waals surface area contributed by atoms with Crippen LogP contribution in [0, 0.1) is 5.92 Å². The lowest BCUT2D eigenvalue weighted by Gasteiger charge is -2.40. The smallest absolute Gasteiger partial charge is 0.410 e. The molecule has 1 aromatic rings. The van der Waals surface area contributed by atoms with E-state index < -0.39 is 5.60 Å². The SMILES string of the molecule is CN1CN(C2CCC(=O)NC2=O)c2ccc(N3CCN(CC4CCN(C(=O)OC(C)(C)C)CC4)CC3)cc21. The van der Waals surface area contributed by atoms with Crippen molar-refractivity contribution in [3.8, 4) is 0 Å². The van der Waals surface area contributed by atoms with Crippen LogP contribution in [0.25, 0.3) is 0 Å². The first kappa shape index (κ1) is 26.6. The van der Waals surface area contributed by atoms with Gasteiger partial charge in [-0.1, -0.05) is 0 Å². The Hall–Kier alpha value is -3.01. The van der Waals surface area contributed by atoms with Crippen LogP contribution in [0.15, 0.2) is 18.2 Å². The van der Waals surface area contributed by atoms with E-state index in [1.165, 1.54) is 5.69 Å². The predicted molar refractivity (Wildman–Crippen MR) is 148 cm³/mol. The maximum atomic E-state index is 12.5. The van der Waals surface area contributed by atoms with Crippen molar-refractivity contribution in [3.63, 3.8) is 0 Å². The molecule has 3 saturated heterocycles. The number of carbonyl (C=O) groups excluding carboxylic acids is 3. The lowest BCUT2D eigenvalue weighted by Crippen LogP contribution is -2.53. The average Bonchev–Trinajstić information content (AvgIpc) is 3.19. The molecule has 0 radical (unpaired) electrons. The third-order valence-electron chi connectivity index (χ3n) is 8.15. The summed E-state index contributed by atoms with van der Waals surface area (Å²) in [5, 5.41) is 2.49. The van der Waals surface area contributed by atoms with Crippen LogP contribution in [-0.4, -0.2) is 98.9 Å². The fourth-order valence-corrected chi connectivity index (χ4v) is 6.06. The Balaban J connectivity index is 1.12. The maximum absolute atomic E-state index is 12.5. The van der Waals surface area contributed by atoms with Gasteiger partial charge in [0.15, 0.2) is 0 Å². The molecule has 3 amide bonds. The van der Waals surface area contributed by atoms with Gasteiger partial charge in [-0.15, -0.1) is 0 Å². The molecule has 1 unspecified atom stereocenters. The van der Waals surface area contributed by atoms with E-state index in [2.05, 4.69) is 50.2 Å². The highest BCUT2D eigenvalue weighted by Gasteiger charge is 2.37. The van der Waals surface area contributed by atoms with E-state index >= 15 is 0 Å². The molecule has 1 aromatic carbocycles. The minimum absolute atomic E-state index is 0.181. The Morgan fingerprint density at radius 3 is 2.37 bits per heavy atom. The summed E-state index contributed by atoms with van der Waals surface area (Å²) < 4.78 is 5.53. The maximum Gasteiger partial charge on any atom is 0.410 e. The van der Waals surface area contributed by atoms with E-state index in [0.717, 1.165) is 70.0 Å². The monoisotopic (exact) mass is 526 g/mol. The second kappa shape index (κ2) is 10.6. The van der Waals surface area contributed by atoms with Crippen molar-refractivity contribution in [2.45, 2.75) is 58.1 Å². The second-order valence-corrected chi connectivity index (χ2v) is 12.1. The Morgan fingerprint density at radius 1 is 1.00 bits per heavy atom. The minimum Gasteiger partial charge on any atom is -0.444 e. The van der Waals surface area contributed by atoms with Crippen LogP contribution >= 0.6 is 0 Å². The molecular formula is C28H42N6O4. The number of imide groups is 1. The van der Waals surface area contributed by atoms with Gasteiger partial charge in [0.1, 0.15) is 11.6 Å². The standard InChI is InChI=1S/C28H42N6O4/c1-28(2,3)38-27(37)33-11-9-20(10-12-33)18-31-13-15-32(16-14-31)21-5-6-22-24(17-21)30(4)19-34(22)23-7-8-25(35)29-26(23)36/h5-6,17,20,23H,7-16,18-19H2,1-4H3,(H,29,35,36). The minimum atomic E-state index is -0.450. The van der Waals surface area contributed by atoms with Crippen molar-refractivity contribution in [1.29, 1.82) is 0 Å². The summed E-state index contributed by atoms with van der Waals surface area (Å²) >= 11 is 0. The normalized spacial score (nSPS) is 23.5. The third kappa shape index (κ3) is 5.85. The van der Waals surface area contributed by atoms with Crippen molar-refractivity contribution < 1.29 is 19.1 Å². The molecule has 10 nitrogen and oxygen atoms in total. The van der Waals surface area contributed by atoms with Crippen LogP contribution in [0.3, 0.4) is 0 Å². The van der Waals surface area contributed by atoms with Crippen LogP contribution in [0.2, 0.25) is 0 Å². The van der Waals surface area contributed by atoms with E-state index in [1.807, 2.05) is 25.7 Å². The van der Waals surface area contributed by atoms with Crippen molar-refractivity contribution >= 4 is 35.0 Å². The number of piperidine rings is 2. The van der Waals surface area contributed by atoms with E-state index in [9.17, 15) is 14.4 Å². The molecule has 3 fully saturated rings. The van der Waals surface area contributed by atoms with Gasteiger partial charge in [-0.3, -0.25) is 19.8 Å². The van der Waals surface area contributed by atoms with Crippen LogP contribution in [0.5, 0.6) is 0 Å². The van der Waals surface area contributed by atoms with E-state index in [4.69, 9.17) is 4.74 Å². The lowest BCUT2D eigenvalue weighted by atomic mass is 9.96. The molecule has 0 bridgehead atoms. The summed E-state index contributed by atoms with van der Waals surface area (Å²) in [5.74, 6) is 0.241. The fourth-order valence-electron chi connectivity index (χ4n) is 6.06. The van der Waals surface area contributed by atoms with Gasteiger partial charge in [-0.05, 0) is 64.2 Å². The molecule has 0 spiro atoms. The summed E-state index contributed by atoms with van der Waals surface area (Å²) in [6, 6.07) is 6.23. The third-order valence-corrected chi connectivity index (χ3v) is 8.15. The van der Waals surface area contributed by atoms with E-state index in [-0.39, 0.29) is 23.9 Å². The van der Waals surface area contributed by atoms with Gasteiger partial charge < -0.3 is 24.3 Å². The zero-order valence-electron chi connectivity index (χ0n) is 23.2. The first-order valence-electron chi connectivity index (χ1n) is 14.0. The second-order valence-electron chi connectivity index (χ2n) is 12.1. The highest BCUT2D eigenvalue weighted by molar-refractivity contribution is 6.02. The number of nitrogens with zero attached hydrogens (tertiary/aromatic N) is 5. The number of ether oxygens (including phenoxy) is 1. The number of carbonyl (C=O) groups is 3. The number of anilines is 3. The number of benzene rings is 1. The Labute approximate surface area is 225 Å².